The lowest BCUT2D eigenvalue weighted by Gasteiger charge is -2.34. The maximum atomic E-state index is 12.0. The Morgan fingerprint density at radius 3 is 2.35 bits per heavy atom. The van der Waals surface area contributed by atoms with Crippen LogP contribution in [0.25, 0.3) is 0 Å². The second-order valence-corrected chi connectivity index (χ2v) is 5.63. The molecule has 1 fully saturated rings. The number of primary amides is 1. The SMILES string of the molecule is CC1CCN(C(=O)NC(C)(C)CC(N)=O)CC1. The number of amides is 3. The van der Waals surface area contributed by atoms with E-state index in [2.05, 4.69) is 12.2 Å². The highest BCUT2D eigenvalue weighted by Gasteiger charge is 2.27. The van der Waals surface area contributed by atoms with E-state index in [0.29, 0.717) is 5.92 Å². The van der Waals surface area contributed by atoms with Gasteiger partial charge in [0.15, 0.2) is 0 Å². The molecular formula is C12H23N3O2. The van der Waals surface area contributed by atoms with Gasteiger partial charge in [0.05, 0.1) is 0 Å². The molecule has 98 valence electrons. The van der Waals surface area contributed by atoms with Crippen molar-refractivity contribution in [2.24, 2.45) is 11.7 Å². The Balaban J connectivity index is 2.45. The first-order valence-electron chi connectivity index (χ1n) is 6.15. The predicted molar refractivity (Wildman–Crippen MR) is 66.4 cm³/mol. The number of carbonyl (C=O) groups is 2. The lowest BCUT2D eigenvalue weighted by atomic mass is 9.98. The molecule has 0 bridgehead atoms. The normalized spacial score (nSPS) is 17.9. The number of nitrogens with zero attached hydrogens (tertiary/aromatic N) is 1. The second-order valence-electron chi connectivity index (χ2n) is 5.63. The molecule has 0 aliphatic carbocycles. The maximum Gasteiger partial charge on any atom is 0.317 e. The number of hydrogen-bond donors (Lipinski definition) is 2. The second kappa shape index (κ2) is 5.38. The van der Waals surface area contributed by atoms with Crippen LogP contribution in [-0.4, -0.2) is 35.5 Å². The van der Waals surface area contributed by atoms with E-state index in [-0.39, 0.29) is 12.5 Å². The van der Waals surface area contributed by atoms with E-state index < -0.39 is 11.4 Å². The van der Waals surface area contributed by atoms with Crippen molar-refractivity contribution in [2.45, 2.75) is 45.6 Å². The number of nitrogens with one attached hydrogen (secondary N) is 1. The van der Waals surface area contributed by atoms with Crippen LogP contribution in [0.15, 0.2) is 0 Å². The van der Waals surface area contributed by atoms with Gasteiger partial charge in [-0.3, -0.25) is 4.79 Å². The highest BCUT2D eigenvalue weighted by Crippen LogP contribution is 2.17. The molecule has 1 aliphatic rings. The summed E-state index contributed by atoms with van der Waals surface area (Å²) < 4.78 is 0. The van der Waals surface area contributed by atoms with Gasteiger partial charge >= 0.3 is 6.03 Å². The zero-order valence-corrected chi connectivity index (χ0v) is 11.0. The fourth-order valence-corrected chi connectivity index (χ4v) is 2.06. The van der Waals surface area contributed by atoms with Crippen LogP contribution in [0.4, 0.5) is 4.79 Å². The summed E-state index contributed by atoms with van der Waals surface area (Å²) in [4.78, 5) is 24.6. The van der Waals surface area contributed by atoms with E-state index in [0.717, 1.165) is 25.9 Å². The average Bonchev–Trinajstić information content (AvgIpc) is 2.15. The summed E-state index contributed by atoms with van der Waals surface area (Å²) in [6.45, 7) is 7.40. The van der Waals surface area contributed by atoms with Crippen LogP contribution < -0.4 is 11.1 Å². The molecule has 1 rings (SSSR count). The lowest BCUT2D eigenvalue weighted by Crippen LogP contribution is -2.53. The summed E-state index contributed by atoms with van der Waals surface area (Å²) in [5.41, 5.74) is 4.57. The molecule has 3 N–H and O–H groups in total. The third-order valence-electron chi connectivity index (χ3n) is 3.13. The van der Waals surface area contributed by atoms with Gasteiger partial charge in [-0.2, -0.15) is 0 Å². The zero-order chi connectivity index (χ0) is 13.1. The minimum atomic E-state index is -0.577. The summed E-state index contributed by atoms with van der Waals surface area (Å²) in [6.07, 6.45) is 2.25. The Bertz CT molecular complexity index is 294. The summed E-state index contributed by atoms with van der Waals surface area (Å²) in [7, 11) is 0. The number of carbonyl (C=O) groups excluding carboxylic acids is 2. The third kappa shape index (κ3) is 4.63. The van der Waals surface area contributed by atoms with Crippen LogP contribution in [0.1, 0.15) is 40.0 Å². The molecule has 5 nitrogen and oxygen atoms in total. The van der Waals surface area contributed by atoms with Gasteiger partial charge in [-0.1, -0.05) is 6.92 Å². The summed E-state index contributed by atoms with van der Waals surface area (Å²) in [6, 6.07) is -0.0943. The van der Waals surface area contributed by atoms with Gasteiger partial charge < -0.3 is 16.0 Å². The standard InChI is InChI=1S/C12H23N3O2/c1-9-4-6-15(7-5-9)11(17)14-12(2,3)8-10(13)16/h9H,4-8H2,1-3H3,(H2,13,16)(H,14,17). The zero-order valence-electron chi connectivity index (χ0n) is 11.0. The molecule has 0 saturated carbocycles. The van der Waals surface area contributed by atoms with Crippen molar-refractivity contribution in [2.75, 3.05) is 13.1 Å². The number of urea groups is 1. The Kier molecular flexibility index (Phi) is 4.37. The molecule has 0 aromatic heterocycles. The Morgan fingerprint density at radius 2 is 1.88 bits per heavy atom. The van der Waals surface area contributed by atoms with Crippen molar-refractivity contribution in [3.05, 3.63) is 0 Å². The fourth-order valence-electron chi connectivity index (χ4n) is 2.06. The van der Waals surface area contributed by atoms with Gasteiger partial charge in [0.2, 0.25) is 5.91 Å². The molecule has 1 heterocycles. The average molecular weight is 241 g/mol. The van der Waals surface area contributed by atoms with Crippen molar-refractivity contribution in [3.8, 4) is 0 Å². The van der Waals surface area contributed by atoms with Crippen LogP contribution in [-0.2, 0) is 4.79 Å². The van der Waals surface area contributed by atoms with Crippen LogP contribution in [0.2, 0.25) is 0 Å². The van der Waals surface area contributed by atoms with Crippen molar-refractivity contribution < 1.29 is 9.59 Å². The summed E-state index contributed by atoms with van der Waals surface area (Å²) >= 11 is 0. The predicted octanol–water partition coefficient (Wildman–Crippen LogP) is 1.08. The smallest absolute Gasteiger partial charge is 0.317 e. The maximum absolute atomic E-state index is 12.0. The number of likely N-dealkylation sites (tertiary alicyclic amines) is 1. The molecule has 0 unspecified atom stereocenters. The van der Waals surface area contributed by atoms with Gasteiger partial charge in [0.25, 0.3) is 0 Å². The minimum absolute atomic E-state index is 0.0943. The third-order valence-corrected chi connectivity index (χ3v) is 3.13. The number of nitrogens with two attached hydrogens (primary N) is 1. The molecule has 1 aliphatic heterocycles. The molecule has 0 spiro atoms. The molecule has 0 radical (unpaired) electrons. The van der Waals surface area contributed by atoms with Crippen molar-refractivity contribution in [1.29, 1.82) is 0 Å². The Morgan fingerprint density at radius 1 is 1.35 bits per heavy atom. The molecular weight excluding hydrogens is 218 g/mol. The lowest BCUT2D eigenvalue weighted by molar-refractivity contribution is -0.119. The molecule has 0 aromatic rings. The number of piperidine rings is 1. The fraction of sp³-hybridized carbons (Fsp3) is 0.833. The van der Waals surface area contributed by atoms with Gasteiger partial charge in [-0.15, -0.1) is 0 Å². The van der Waals surface area contributed by atoms with Crippen LogP contribution in [0, 0.1) is 5.92 Å². The van der Waals surface area contributed by atoms with E-state index >= 15 is 0 Å². The molecule has 1 saturated heterocycles. The van der Waals surface area contributed by atoms with Crippen molar-refractivity contribution in [1.82, 2.24) is 10.2 Å². The molecule has 0 aromatic carbocycles. The van der Waals surface area contributed by atoms with Gasteiger partial charge in [-0.25, -0.2) is 4.79 Å². The van der Waals surface area contributed by atoms with Gasteiger partial charge in [0, 0.05) is 25.0 Å². The highest BCUT2D eigenvalue weighted by atomic mass is 16.2. The first-order valence-corrected chi connectivity index (χ1v) is 6.15. The van der Waals surface area contributed by atoms with E-state index in [4.69, 9.17) is 5.73 Å². The first-order chi connectivity index (χ1) is 7.80. The van der Waals surface area contributed by atoms with Crippen molar-refractivity contribution >= 4 is 11.9 Å². The largest absolute Gasteiger partial charge is 0.370 e. The Labute approximate surface area is 103 Å². The number of rotatable bonds is 3. The van der Waals surface area contributed by atoms with E-state index in [1.807, 2.05) is 18.7 Å². The van der Waals surface area contributed by atoms with E-state index in [9.17, 15) is 9.59 Å². The molecule has 5 heteroatoms. The quantitative estimate of drug-likeness (QED) is 0.776. The molecule has 0 atom stereocenters. The number of hydrogen-bond acceptors (Lipinski definition) is 2. The minimum Gasteiger partial charge on any atom is -0.370 e. The van der Waals surface area contributed by atoms with E-state index in [1.165, 1.54) is 0 Å². The Hall–Kier alpha value is -1.26. The summed E-state index contributed by atoms with van der Waals surface area (Å²) in [5.74, 6) is 0.292. The first kappa shape index (κ1) is 13.8. The topological polar surface area (TPSA) is 75.4 Å². The van der Waals surface area contributed by atoms with Crippen LogP contribution in [0.5, 0.6) is 0 Å². The molecule has 3 amide bonds. The van der Waals surface area contributed by atoms with Gasteiger partial charge in [-0.05, 0) is 32.6 Å². The van der Waals surface area contributed by atoms with Crippen LogP contribution >= 0.6 is 0 Å². The monoisotopic (exact) mass is 241 g/mol. The van der Waals surface area contributed by atoms with Crippen LogP contribution in [0.3, 0.4) is 0 Å². The van der Waals surface area contributed by atoms with Crippen molar-refractivity contribution in [3.63, 3.8) is 0 Å². The molecule has 17 heavy (non-hydrogen) atoms. The summed E-state index contributed by atoms with van der Waals surface area (Å²) in [5, 5.41) is 2.86. The van der Waals surface area contributed by atoms with Gasteiger partial charge in [0.1, 0.15) is 0 Å². The van der Waals surface area contributed by atoms with E-state index in [1.54, 1.807) is 0 Å². The highest BCUT2D eigenvalue weighted by molar-refractivity contribution is 5.78.